The van der Waals surface area contributed by atoms with Gasteiger partial charge in [-0.3, -0.25) is 9.59 Å². The molecule has 2 atom stereocenters. The molecule has 2 unspecified atom stereocenters. The third-order valence-corrected chi connectivity index (χ3v) is 4.37. The number of nitrogens with one attached hydrogen (secondary N) is 1. The molecule has 5 heteroatoms. The predicted octanol–water partition coefficient (Wildman–Crippen LogP) is 3.00. The van der Waals surface area contributed by atoms with Crippen molar-refractivity contribution in [2.24, 2.45) is 0 Å². The number of hydrogen-bond donors (Lipinski definition) is 1. The number of benzene rings is 1. The Morgan fingerprint density at radius 3 is 2.88 bits per heavy atom. The highest BCUT2D eigenvalue weighted by molar-refractivity contribution is 5.92. The molecule has 1 N–H and O–H groups in total. The van der Waals surface area contributed by atoms with Gasteiger partial charge >= 0.3 is 0 Å². The van der Waals surface area contributed by atoms with Gasteiger partial charge < -0.3 is 15.0 Å². The van der Waals surface area contributed by atoms with E-state index >= 15 is 0 Å². The molecule has 5 nitrogen and oxygen atoms in total. The largest absolute Gasteiger partial charge is 0.490 e. The number of ether oxygens (including phenoxy) is 1. The molecule has 0 saturated carbocycles. The van der Waals surface area contributed by atoms with Crippen LogP contribution in [-0.4, -0.2) is 41.9 Å². The summed E-state index contributed by atoms with van der Waals surface area (Å²) in [5.74, 6) is 0.704. The van der Waals surface area contributed by atoms with E-state index in [-0.39, 0.29) is 24.0 Å². The van der Waals surface area contributed by atoms with Crippen molar-refractivity contribution < 1.29 is 14.3 Å². The lowest BCUT2D eigenvalue weighted by Gasteiger charge is -2.32. The molecule has 1 aromatic carbocycles. The molecule has 0 aliphatic carbocycles. The van der Waals surface area contributed by atoms with E-state index in [0.29, 0.717) is 6.54 Å². The molecular formula is C20H28N2O3. The van der Waals surface area contributed by atoms with Gasteiger partial charge in [0, 0.05) is 37.7 Å². The van der Waals surface area contributed by atoms with Crippen molar-refractivity contribution in [1.29, 1.82) is 0 Å². The molecule has 0 spiro atoms. The van der Waals surface area contributed by atoms with Crippen LogP contribution in [0.15, 0.2) is 30.3 Å². The fraction of sp³-hybridized carbons (Fsp3) is 0.500. The fourth-order valence-electron chi connectivity index (χ4n) is 2.87. The number of amides is 2. The van der Waals surface area contributed by atoms with E-state index < -0.39 is 0 Å². The van der Waals surface area contributed by atoms with E-state index in [2.05, 4.69) is 12.2 Å². The summed E-state index contributed by atoms with van der Waals surface area (Å²) in [4.78, 5) is 25.5. The van der Waals surface area contributed by atoms with Crippen molar-refractivity contribution in [3.63, 3.8) is 0 Å². The Bertz CT molecular complexity index is 627. The third kappa shape index (κ3) is 5.93. The number of carbonyl (C=O) groups excluding carboxylic acids is 2. The third-order valence-electron chi connectivity index (χ3n) is 4.37. The molecule has 0 bridgehead atoms. The van der Waals surface area contributed by atoms with Gasteiger partial charge in [0.25, 0.3) is 0 Å². The second-order valence-corrected chi connectivity index (χ2v) is 6.53. The second kappa shape index (κ2) is 9.25. The summed E-state index contributed by atoms with van der Waals surface area (Å²) in [5, 5.41) is 2.90. The number of likely N-dealkylation sites (tertiary alicyclic amines) is 1. The van der Waals surface area contributed by atoms with Crippen LogP contribution in [0.25, 0.3) is 6.08 Å². The lowest BCUT2D eigenvalue weighted by molar-refractivity contribution is -0.128. The zero-order valence-electron chi connectivity index (χ0n) is 15.3. The van der Waals surface area contributed by atoms with Crippen molar-refractivity contribution in [3.8, 4) is 5.75 Å². The maximum absolute atomic E-state index is 12.5. The number of piperidine rings is 1. The summed E-state index contributed by atoms with van der Waals surface area (Å²) in [6.45, 7) is 6.91. The van der Waals surface area contributed by atoms with Crippen LogP contribution in [-0.2, 0) is 9.59 Å². The first-order valence-corrected chi connectivity index (χ1v) is 8.99. The topological polar surface area (TPSA) is 58.6 Å². The normalized spacial score (nSPS) is 18.8. The Balaban J connectivity index is 2.01. The van der Waals surface area contributed by atoms with Crippen LogP contribution in [0.3, 0.4) is 0 Å². The zero-order valence-corrected chi connectivity index (χ0v) is 15.3. The number of hydrogen-bond acceptors (Lipinski definition) is 3. The van der Waals surface area contributed by atoms with Gasteiger partial charge in [-0.15, -0.1) is 0 Å². The monoisotopic (exact) mass is 344 g/mol. The van der Waals surface area contributed by atoms with Crippen molar-refractivity contribution >= 4 is 17.9 Å². The minimum absolute atomic E-state index is 0.0339. The van der Waals surface area contributed by atoms with Gasteiger partial charge in [-0.1, -0.05) is 25.1 Å². The van der Waals surface area contributed by atoms with Gasteiger partial charge in [-0.2, -0.15) is 0 Å². The maximum atomic E-state index is 12.5. The SMILES string of the molecule is CCC(C)Oc1ccccc1/C=C/C(=O)N1CCCC(NC(C)=O)C1. The first-order chi connectivity index (χ1) is 12.0. The highest BCUT2D eigenvalue weighted by Crippen LogP contribution is 2.22. The van der Waals surface area contributed by atoms with E-state index in [1.54, 1.807) is 11.0 Å². The smallest absolute Gasteiger partial charge is 0.246 e. The first kappa shape index (κ1) is 19.0. The minimum Gasteiger partial charge on any atom is -0.490 e. The lowest BCUT2D eigenvalue weighted by Crippen LogP contribution is -2.48. The zero-order chi connectivity index (χ0) is 18.2. The van der Waals surface area contributed by atoms with E-state index in [0.717, 1.165) is 37.1 Å². The van der Waals surface area contributed by atoms with Crippen LogP contribution in [0.2, 0.25) is 0 Å². The standard InChI is InChI=1S/C20H28N2O3/c1-4-15(2)25-19-10-6-5-8-17(19)11-12-20(24)22-13-7-9-18(14-22)21-16(3)23/h5-6,8,10-12,15,18H,4,7,9,13-14H2,1-3H3,(H,21,23)/b12-11+. The van der Waals surface area contributed by atoms with Crippen LogP contribution >= 0.6 is 0 Å². The van der Waals surface area contributed by atoms with Crippen LogP contribution in [0.1, 0.15) is 45.6 Å². The molecule has 1 saturated heterocycles. The molecule has 2 amide bonds. The molecule has 1 fully saturated rings. The highest BCUT2D eigenvalue weighted by atomic mass is 16.5. The van der Waals surface area contributed by atoms with E-state index in [4.69, 9.17) is 4.74 Å². The fourth-order valence-corrected chi connectivity index (χ4v) is 2.87. The summed E-state index contributed by atoms with van der Waals surface area (Å²) in [5.41, 5.74) is 0.895. The van der Waals surface area contributed by atoms with Crippen LogP contribution < -0.4 is 10.1 Å². The first-order valence-electron chi connectivity index (χ1n) is 8.99. The number of rotatable bonds is 6. The van der Waals surface area contributed by atoms with Crippen LogP contribution in [0.5, 0.6) is 5.75 Å². The molecule has 1 aromatic rings. The average Bonchev–Trinajstić information content (AvgIpc) is 2.60. The highest BCUT2D eigenvalue weighted by Gasteiger charge is 2.22. The summed E-state index contributed by atoms with van der Waals surface area (Å²) < 4.78 is 5.91. The Kier molecular flexibility index (Phi) is 7.04. The van der Waals surface area contributed by atoms with Gasteiger partial charge in [-0.05, 0) is 38.3 Å². The molecule has 0 aromatic heterocycles. The Morgan fingerprint density at radius 1 is 1.40 bits per heavy atom. The molecular weight excluding hydrogens is 316 g/mol. The van der Waals surface area contributed by atoms with E-state index in [9.17, 15) is 9.59 Å². The number of nitrogens with zero attached hydrogens (tertiary/aromatic N) is 1. The van der Waals surface area contributed by atoms with Gasteiger partial charge in [0.15, 0.2) is 0 Å². The van der Waals surface area contributed by atoms with Crippen molar-refractivity contribution in [3.05, 3.63) is 35.9 Å². The van der Waals surface area contributed by atoms with Gasteiger partial charge in [0.05, 0.1) is 6.10 Å². The number of carbonyl (C=O) groups is 2. The molecule has 0 radical (unpaired) electrons. The Morgan fingerprint density at radius 2 is 2.16 bits per heavy atom. The predicted molar refractivity (Wildman–Crippen MR) is 99.3 cm³/mol. The average molecular weight is 344 g/mol. The van der Waals surface area contributed by atoms with E-state index in [1.807, 2.05) is 37.3 Å². The Hall–Kier alpha value is -2.30. The van der Waals surface area contributed by atoms with Gasteiger partial charge in [0.1, 0.15) is 5.75 Å². The maximum Gasteiger partial charge on any atom is 0.246 e. The van der Waals surface area contributed by atoms with Crippen molar-refractivity contribution in [2.45, 2.75) is 52.2 Å². The van der Waals surface area contributed by atoms with E-state index in [1.165, 1.54) is 6.92 Å². The van der Waals surface area contributed by atoms with Crippen LogP contribution in [0.4, 0.5) is 0 Å². The molecule has 25 heavy (non-hydrogen) atoms. The minimum atomic E-state index is -0.0500. The molecule has 1 aliphatic heterocycles. The van der Waals surface area contributed by atoms with Gasteiger partial charge in [0.2, 0.25) is 11.8 Å². The quantitative estimate of drug-likeness (QED) is 0.807. The van der Waals surface area contributed by atoms with Crippen molar-refractivity contribution in [2.75, 3.05) is 13.1 Å². The lowest BCUT2D eigenvalue weighted by atomic mass is 10.1. The summed E-state index contributed by atoms with van der Waals surface area (Å²) >= 11 is 0. The molecule has 136 valence electrons. The van der Waals surface area contributed by atoms with Crippen molar-refractivity contribution in [1.82, 2.24) is 10.2 Å². The Labute approximate surface area is 150 Å². The number of para-hydroxylation sites is 1. The summed E-state index contributed by atoms with van der Waals surface area (Å²) in [6.07, 6.45) is 6.27. The summed E-state index contributed by atoms with van der Waals surface area (Å²) in [7, 11) is 0. The molecule has 1 heterocycles. The van der Waals surface area contributed by atoms with Gasteiger partial charge in [-0.25, -0.2) is 0 Å². The molecule has 1 aliphatic rings. The molecule has 2 rings (SSSR count). The second-order valence-electron chi connectivity index (χ2n) is 6.53. The van der Waals surface area contributed by atoms with Crippen LogP contribution in [0, 0.1) is 0 Å². The summed E-state index contributed by atoms with van der Waals surface area (Å²) in [6, 6.07) is 7.77.